The van der Waals surface area contributed by atoms with Crippen molar-refractivity contribution in [1.82, 2.24) is 20.5 Å². The smallest absolute Gasteiger partial charge is 0.475 e. The van der Waals surface area contributed by atoms with E-state index < -0.39 is 18.2 Å². The summed E-state index contributed by atoms with van der Waals surface area (Å²) in [5, 5.41) is 14.6. The van der Waals surface area contributed by atoms with Crippen molar-refractivity contribution in [2.75, 3.05) is 19.6 Å². The number of carboxylic acids is 1. The predicted molar refractivity (Wildman–Crippen MR) is 146 cm³/mol. The molecule has 3 aromatic rings. The Balaban J connectivity index is 0.000000559. The van der Waals surface area contributed by atoms with E-state index in [2.05, 4.69) is 34.4 Å². The second-order valence-corrected chi connectivity index (χ2v) is 10.3. The standard InChI is InChI=1S/C26H31ClN4O2.C2HF3O2/c1-17(2)31-12-10-18(11-13-31)16-28-26(33)24(19-6-4-3-5-7-19)30-25(32)23-15-20-14-21(27)8-9-22(20)29-23;3-2(4,5)1(6)7/h3-9,14-15,17-18,24,29H,10-13,16H2,1-2H3,(H,28,33)(H,30,32);(H,6,7)/t24-;/m1./s1. The number of aromatic nitrogens is 1. The van der Waals surface area contributed by atoms with Crippen molar-refractivity contribution in [3.8, 4) is 0 Å². The second-order valence-electron chi connectivity index (χ2n) is 9.85. The molecule has 2 aromatic carbocycles. The number of fused-ring (bicyclic) bond motifs is 1. The molecule has 0 saturated carbocycles. The van der Waals surface area contributed by atoms with Crippen LogP contribution in [0.15, 0.2) is 54.6 Å². The number of H-pyrrole nitrogens is 1. The molecule has 1 aliphatic rings. The zero-order valence-corrected chi connectivity index (χ0v) is 22.9. The maximum Gasteiger partial charge on any atom is 0.490 e. The van der Waals surface area contributed by atoms with Crippen LogP contribution < -0.4 is 10.6 Å². The summed E-state index contributed by atoms with van der Waals surface area (Å²) in [6, 6.07) is 16.3. The van der Waals surface area contributed by atoms with Gasteiger partial charge in [0.05, 0.1) is 0 Å². The average Bonchev–Trinajstić information content (AvgIpc) is 3.34. The monoisotopic (exact) mass is 580 g/mol. The highest BCUT2D eigenvalue weighted by atomic mass is 35.5. The van der Waals surface area contributed by atoms with Gasteiger partial charge in [-0.2, -0.15) is 13.2 Å². The molecule has 1 fully saturated rings. The quantitative estimate of drug-likeness (QED) is 0.308. The van der Waals surface area contributed by atoms with Gasteiger partial charge in [0, 0.05) is 28.5 Å². The number of benzene rings is 2. The van der Waals surface area contributed by atoms with E-state index >= 15 is 0 Å². The van der Waals surface area contributed by atoms with Crippen LogP contribution >= 0.6 is 11.6 Å². The van der Waals surface area contributed by atoms with Gasteiger partial charge in [0.15, 0.2) is 0 Å². The van der Waals surface area contributed by atoms with Crippen LogP contribution in [0.25, 0.3) is 10.9 Å². The highest BCUT2D eigenvalue weighted by Crippen LogP contribution is 2.22. The maximum absolute atomic E-state index is 13.2. The molecule has 0 aliphatic carbocycles. The van der Waals surface area contributed by atoms with Gasteiger partial charge in [-0.15, -0.1) is 0 Å². The largest absolute Gasteiger partial charge is 0.490 e. The Hall–Kier alpha value is -3.57. The fourth-order valence-electron chi connectivity index (χ4n) is 4.40. The lowest BCUT2D eigenvalue weighted by molar-refractivity contribution is -0.192. The third-order valence-electron chi connectivity index (χ3n) is 6.68. The Labute approximate surface area is 234 Å². The minimum Gasteiger partial charge on any atom is -0.475 e. The number of nitrogens with one attached hydrogen (secondary N) is 3. The Morgan fingerprint density at radius 1 is 1.07 bits per heavy atom. The highest BCUT2D eigenvalue weighted by Gasteiger charge is 2.38. The summed E-state index contributed by atoms with van der Waals surface area (Å²) in [5.74, 6) is -2.83. The normalized spacial score (nSPS) is 15.3. The molecule has 1 aliphatic heterocycles. The van der Waals surface area contributed by atoms with E-state index in [1.807, 2.05) is 36.4 Å². The van der Waals surface area contributed by atoms with Crippen molar-refractivity contribution >= 4 is 40.3 Å². The first kappa shape index (κ1) is 31.0. The Bertz CT molecular complexity index is 1310. The van der Waals surface area contributed by atoms with E-state index in [1.54, 1.807) is 18.2 Å². The number of nitrogens with zero attached hydrogens (tertiary/aromatic N) is 1. The molecule has 2 amide bonds. The van der Waals surface area contributed by atoms with E-state index in [0.29, 0.717) is 29.2 Å². The van der Waals surface area contributed by atoms with Gasteiger partial charge in [-0.25, -0.2) is 4.79 Å². The summed E-state index contributed by atoms with van der Waals surface area (Å²) < 4.78 is 31.7. The van der Waals surface area contributed by atoms with E-state index in [-0.39, 0.29) is 11.8 Å². The number of likely N-dealkylation sites (tertiary alicyclic amines) is 1. The summed E-state index contributed by atoms with van der Waals surface area (Å²) in [4.78, 5) is 40.7. The molecule has 4 N–H and O–H groups in total. The summed E-state index contributed by atoms with van der Waals surface area (Å²) in [5.41, 5.74) is 1.96. The van der Waals surface area contributed by atoms with Crippen molar-refractivity contribution in [3.05, 3.63) is 70.9 Å². The van der Waals surface area contributed by atoms with Gasteiger partial charge in [-0.05, 0) is 75.5 Å². The zero-order valence-electron chi connectivity index (χ0n) is 22.1. The molecule has 0 radical (unpaired) electrons. The fraction of sp³-hybridized carbons (Fsp3) is 0.393. The first-order chi connectivity index (χ1) is 18.8. The lowest BCUT2D eigenvalue weighted by atomic mass is 9.95. The van der Waals surface area contributed by atoms with Crippen molar-refractivity contribution in [1.29, 1.82) is 0 Å². The van der Waals surface area contributed by atoms with Crippen LogP contribution in [0.1, 0.15) is 48.8 Å². The topological polar surface area (TPSA) is 115 Å². The zero-order chi connectivity index (χ0) is 29.4. The minimum absolute atomic E-state index is 0.194. The molecule has 1 saturated heterocycles. The number of aromatic amines is 1. The van der Waals surface area contributed by atoms with Gasteiger partial charge in [0.1, 0.15) is 11.7 Å². The lowest BCUT2D eigenvalue weighted by Gasteiger charge is -2.34. The summed E-state index contributed by atoms with van der Waals surface area (Å²) in [6.45, 7) is 7.17. The summed E-state index contributed by atoms with van der Waals surface area (Å²) in [7, 11) is 0. The number of piperidine rings is 1. The van der Waals surface area contributed by atoms with Crippen molar-refractivity contribution in [2.45, 2.75) is 44.9 Å². The molecular weight excluding hydrogens is 549 g/mol. The van der Waals surface area contributed by atoms with Gasteiger partial charge in [-0.1, -0.05) is 41.9 Å². The average molecular weight is 581 g/mol. The Kier molecular flexibility index (Phi) is 10.6. The molecule has 1 atom stereocenters. The molecule has 4 rings (SSSR count). The van der Waals surface area contributed by atoms with Crippen LogP contribution in [-0.2, 0) is 9.59 Å². The van der Waals surface area contributed by atoms with Gasteiger partial charge >= 0.3 is 12.1 Å². The fourth-order valence-corrected chi connectivity index (χ4v) is 4.58. The van der Waals surface area contributed by atoms with Gasteiger partial charge < -0.3 is 25.6 Å². The Morgan fingerprint density at radius 3 is 2.27 bits per heavy atom. The lowest BCUT2D eigenvalue weighted by Crippen LogP contribution is -2.44. The molecule has 12 heteroatoms. The molecule has 40 heavy (non-hydrogen) atoms. The van der Waals surface area contributed by atoms with Crippen LogP contribution in [0, 0.1) is 5.92 Å². The van der Waals surface area contributed by atoms with Gasteiger partial charge in [0.25, 0.3) is 5.91 Å². The molecule has 216 valence electrons. The first-order valence-electron chi connectivity index (χ1n) is 12.8. The molecule has 8 nitrogen and oxygen atoms in total. The highest BCUT2D eigenvalue weighted by molar-refractivity contribution is 6.31. The van der Waals surface area contributed by atoms with E-state index in [9.17, 15) is 22.8 Å². The van der Waals surface area contributed by atoms with Gasteiger partial charge in [0.2, 0.25) is 5.91 Å². The summed E-state index contributed by atoms with van der Waals surface area (Å²) in [6.07, 6.45) is -2.95. The van der Waals surface area contributed by atoms with E-state index in [1.165, 1.54) is 0 Å². The number of halogens is 4. The minimum atomic E-state index is -5.08. The molecule has 0 spiro atoms. The molecule has 2 heterocycles. The Morgan fingerprint density at radius 2 is 1.70 bits per heavy atom. The van der Waals surface area contributed by atoms with Crippen molar-refractivity contribution in [3.63, 3.8) is 0 Å². The van der Waals surface area contributed by atoms with Crippen LogP contribution in [0.3, 0.4) is 0 Å². The van der Waals surface area contributed by atoms with E-state index in [4.69, 9.17) is 21.5 Å². The molecular formula is C28H32ClF3N4O4. The van der Waals surface area contributed by atoms with Crippen LogP contribution in [0.2, 0.25) is 5.02 Å². The van der Waals surface area contributed by atoms with Crippen LogP contribution in [0.5, 0.6) is 0 Å². The number of rotatable bonds is 7. The second kappa shape index (κ2) is 13.7. The number of carboxylic acid groups (broad SMARTS) is 1. The predicted octanol–water partition coefficient (Wildman–Crippen LogP) is 5.16. The third kappa shape index (κ3) is 8.72. The molecule has 0 bridgehead atoms. The number of hydrogen-bond acceptors (Lipinski definition) is 4. The first-order valence-corrected chi connectivity index (χ1v) is 13.2. The maximum atomic E-state index is 13.2. The number of aliphatic carboxylic acids is 1. The third-order valence-corrected chi connectivity index (χ3v) is 6.92. The number of carbonyl (C=O) groups is 3. The molecule has 0 unspecified atom stereocenters. The number of amides is 2. The van der Waals surface area contributed by atoms with Crippen molar-refractivity contribution < 1.29 is 32.7 Å². The van der Waals surface area contributed by atoms with Crippen LogP contribution in [0.4, 0.5) is 13.2 Å². The number of carbonyl (C=O) groups excluding carboxylic acids is 2. The SMILES string of the molecule is CC(C)N1CCC(CNC(=O)[C@H](NC(=O)c2cc3cc(Cl)ccc3[nH]2)c2ccccc2)CC1.O=C(O)C(F)(F)F. The van der Waals surface area contributed by atoms with Crippen LogP contribution in [-0.4, -0.2) is 64.6 Å². The molecule has 1 aromatic heterocycles. The number of alkyl halides is 3. The van der Waals surface area contributed by atoms with E-state index in [0.717, 1.165) is 42.4 Å². The van der Waals surface area contributed by atoms with Crippen molar-refractivity contribution in [2.24, 2.45) is 5.92 Å². The summed E-state index contributed by atoms with van der Waals surface area (Å²) >= 11 is 6.07. The number of hydrogen-bond donors (Lipinski definition) is 4. The van der Waals surface area contributed by atoms with Gasteiger partial charge in [-0.3, -0.25) is 9.59 Å².